The smallest absolute Gasteiger partial charge is 0.227 e. The minimum atomic E-state index is -0.151. The van der Waals surface area contributed by atoms with Crippen LogP contribution in [-0.2, 0) is 5.41 Å². The zero-order valence-electron chi connectivity index (χ0n) is 33.2. The highest BCUT2D eigenvalue weighted by molar-refractivity contribution is 6.16. The van der Waals surface area contributed by atoms with Crippen molar-refractivity contribution in [1.82, 2.24) is 4.98 Å². The second-order valence-corrected chi connectivity index (χ2v) is 16.3. The molecular formula is C56H38N2O2. The Hall–Kier alpha value is -7.69. The van der Waals surface area contributed by atoms with Crippen molar-refractivity contribution in [3.63, 3.8) is 0 Å². The quantitative estimate of drug-likeness (QED) is 0.169. The van der Waals surface area contributed by atoms with Crippen molar-refractivity contribution >= 4 is 60.9 Å². The number of hydrogen-bond acceptors (Lipinski definition) is 4. The third kappa shape index (κ3) is 5.27. The van der Waals surface area contributed by atoms with E-state index in [0.29, 0.717) is 5.89 Å². The normalized spacial score (nSPS) is 13.0. The van der Waals surface area contributed by atoms with Crippen LogP contribution in [0.15, 0.2) is 203 Å². The van der Waals surface area contributed by atoms with Gasteiger partial charge in [0.05, 0.1) is 11.3 Å². The van der Waals surface area contributed by atoms with Gasteiger partial charge in [0, 0.05) is 38.7 Å². The van der Waals surface area contributed by atoms with Crippen molar-refractivity contribution in [1.29, 1.82) is 0 Å². The molecule has 9 aromatic carbocycles. The van der Waals surface area contributed by atoms with E-state index in [0.717, 1.165) is 72.4 Å². The van der Waals surface area contributed by atoms with Crippen molar-refractivity contribution in [2.45, 2.75) is 19.3 Å². The molecule has 1 aliphatic rings. The van der Waals surface area contributed by atoms with Crippen LogP contribution in [-0.4, -0.2) is 4.98 Å². The van der Waals surface area contributed by atoms with Crippen molar-refractivity contribution in [2.75, 3.05) is 4.90 Å². The summed E-state index contributed by atoms with van der Waals surface area (Å²) in [6, 6.07) is 69.1. The van der Waals surface area contributed by atoms with E-state index in [1.54, 1.807) is 0 Å². The Balaban J connectivity index is 1.06. The van der Waals surface area contributed by atoms with Gasteiger partial charge in [0.2, 0.25) is 5.89 Å². The molecule has 0 aliphatic heterocycles. The second kappa shape index (κ2) is 13.2. The largest absolute Gasteiger partial charge is 0.455 e. The van der Waals surface area contributed by atoms with Crippen LogP contribution in [0.3, 0.4) is 0 Å². The summed E-state index contributed by atoms with van der Waals surface area (Å²) in [5, 5.41) is 4.49. The highest BCUT2D eigenvalue weighted by atomic mass is 16.4. The Morgan fingerprint density at radius 3 is 2.00 bits per heavy atom. The lowest BCUT2D eigenvalue weighted by atomic mass is 9.82. The lowest BCUT2D eigenvalue weighted by Gasteiger charge is -2.30. The fourth-order valence-electron chi connectivity index (χ4n) is 9.52. The first kappa shape index (κ1) is 34.4. The van der Waals surface area contributed by atoms with Crippen molar-refractivity contribution in [3.8, 4) is 44.8 Å². The molecule has 0 saturated heterocycles. The van der Waals surface area contributed by atoms with Gasteiger partial charge < -0.3 is 13.7 Å². The molecule has 0 bridgehead atoms. The van der Waals surface area contributed by atoms with E-state index in [1.165, 1.54) is 38.6 Å². The first-order valence-electron chi connectivity index (χ1n) is 20.5. The molecule has 0 amide bonds. The SMILES string of the molecule is CC1(C)c2ccccc2-c2ccc(N(c3ccc(-c4c5nc(-c6ccccc6)oc5cc5c4oc4ccccc45)cc3)c3ccccc3-c3ccc4ccccc4c3)cc21. The molecule has 0 unspecified atom stereocenters. The van der Waals surface area contributed by atoms with Gasteiger partial charge in [-0.2, -0.15) is 0 Å². The van der Waals surface area contributed by atoms with Gasteiger partial charge in [0.1, 0.15) is 16.7 Å². The summed E-state index contributed by atoms with van der Waals surface area (Å²) in [5.74, 6) is 0.582. The third-order valence-electron chi connectivity index (χ3n) is 12.5. The van der Waals surface area contributed by atoms with Gasteiger partial charge in [-0.25, -0.2) is 4.98 Å². The maximum absolute atomic E-state index is 6.67. The molecule has 12 rings (SSSR count). The molecule has 4 heteroatoms. The zero-order valence-corrected chi connectivity index (χ0v) is 33.2. The summed E-state index contributed by atoms with van der Waals surface area (Å²) >= 11 is 0. The van der Waals surface area contributed by atoms with E-state index in [1.807, 2.05) is 42.5 Å². The van der Waals surface area contributed by atoms with E-state index >= 15 is 0 Å². The third-order valence-corrected chi connectivity index (χ3v) is 12.5. The highest BCUT2D eigenvalue weighted by Gasteiger charge is 2.36. The molecule has 0 radical (unpaired) electrons. The summed E-state index contributed by atoms with van der Waals surface area (Å²) in [7, 11) is 0. The number of furan rings is 1. The molecule has 11 aromatic rings. The first-order chi connectivity index (χ1) is 29.5. The highest BCUT2D eigenvalue weighted by Crippen LogP contribution is 2.52. The molecule has 2 heterocycles. The zero-order chi connectivity index (χ0) is 40.0. The molecule has 0 N–H and O–H groups in total. The Morgan fingerprint density at radius 2 is 1.13 bits per heavy atom. The number of benzene rings is 9. The molecule has 2 aromatic heterocycles. The van der Waals surface area contributed by atoms with Crippen molar-refractivity contribution < 1.29 is 8.83 Å². The van der Waals surface area contributed by atoms with Crippen LogP contribution in [0.1, 0.15) is 25.0 Å². The maximum Gasteiger partial charge on any atom is 0.227 e. The molecule has 0 fully saturated rings. The van der Waals surface area contributed by atoms with Crippen LogP contribution in [0.4, 0.5) is 17.1 Å². The molecule has 0 spiro atoms. The predicted octanol–water partition coefficient (Wildman–Crippen LogP) is 15.7. The standard InChI is InChI=1S/C56H38N2O2/c1-56(2)47-21-11-8-19-43(47)44-31-30-41(33-48(44)56)58(49-22-12-9-18-42(49)39-25-24-35-14-6-7-17-38(35)32-39)40-28-26-36(27-29-40)52-53-51(60-55(57-53)37-15-4-3-5-16-37)34-46-45-20-10-13-23-50(45)59-54(46)52/h3-34H,1-2H3. The minimum Gasteiger partial charge on any atom is -0.455 e. The van der Waals surface area contributed by atoms with E-state index in [9.17, 15) is 0 Å². The number of aromatic nitrogens is 1. The topological polar surface area (TPSA) is 42.4 Å². The number of para-hydroxylation sites is 2. The number of anilines is 3. The van der Waals surface area contributed by atoms with Crippen molar-refractivity contribution in [3.05, 3.63) is 205 Å². The van der Waals surface area contributed by atoms with Gasteiger partial charge >= 0.3 is 0 Å². The first-order valence-corrected chi connectivity index (χ1v) is 20.5. The molecule has 0 atom stereocenters. The van der Waals surface area contributed by atoms with Gasteiger partial charge in [-0.3, -0.25) is 0 Å². The monoisotopic (exact) mass is 770 g/mol. The number of fused-ring (bicyclic) bond motifs is 8. The maximum atomic E-state index is 6.67. The van der Waals surface area contributed by atoms with Gasteiger partial charge in [0.15, 0.2) is 5.58 Å². The lowest BCUT2D eigenvalue weighted by Crippen LogP contribution is -2.16. The molecular weight excluding hydrogens is 733 g/mol. The number of hydrogen-bond donors (Lipinski definition) is 0. The fourth-order valence-corrected chi connectivity index (χ4v) is 9.52. The Morgan fingerprint density at radius 1 is 0.450 bits per heavy atom. The van der Waals surface area contributed by atoms with Crippen LogP contribution in [0.25, 0.3) is 88.6 Å². The van der Waals surface area contributed by atoms with Crippen LogP contribution in [0.2, 0.25) is 0 Å². The summed E-state index contributed by atoms with van der Waals surface area (Å²) in [6.45, 7) is 4.69. The van der Waals surface area contributed by atoms with Crippen LogP contribution < -0.4 is 4.90 Å². The van der Waals surface area contributed by atoms with E-state index in [2.05, 4.69) is 170 Å². The molecule has 1 aliphatic carbocycles. The summed E-state index contributed by atoms with van der Waals surface area (Å²) in [4.78, 5) is 7.54. The Labute approximate surface area is 347 Å². The summed E-state index contributed by atoms with van der Waals surface area (Å²) in [6.07, 6.45) is 0. The van der Waals surface area contributed by atoms with E-state index in [4.69, 9.17) is 13.8 Å². The van der Waals surface area contributed by atoms with E-state index < -0.39 is 0 Å². The summed E-state index contributed by atoms with van der Waals surface area (Å²) in [5.41, 5.74) is 16.7. The van der Waals surface area contributed by atoms with Crippen molar-refractivity contribution in [2.24, 2.45) is 0 Å². The lowest BCUT2D eigenvalue weighted by molar-refractivity contribution is 0.620. The van der Waals surface area contributed by atoms with Gasteiger partial charge in [-0.15, -0.1) is 0 Å². The molecule has 0 saturated carbocycles. The second-order valence-electron chi connectivity index (χ2n) is 16.3. The van der Waals surface area contributed by atoms with Crippen LogP contribution in [0, 0.1) is 0 Å². The van der Waals surface area contributed by atoms with E-state index in [-0.39, 0.29) is 5.41 Å². The fraction of sp³-hybridized carbons (Fsp3) is 0.0536. The molecule has 60 heavy (non-hydrogen) atoms. The summed E-state index contributed by atoms with van der Waals surface area (Å²) < 4.78 is 13.2. The Bertz CT molecular complexity index is 3460. The number of oxazole rings is 1. The van der Waals surface area contributed by atoms with Crippen LogP contribution in [0.5, 0.6) is 0 Å². The van der Waals surface area contributed by atoms with Gasteiger partial charge in [-0.05, 0) is 105 Å². The number of rotatable bonds is 6. The van der Waals surface area contributed by atoms with Gasteiger partial charge in [-0.1, -0.05) is 147 Å². The number of nitrogens with zero attached hydrogens (tertiary/aromatic N) is 2. The Kier molecular flexibility index (Phi) is 7.54. The molecule has 4 nitrogen and oxygen atoms in total. The van der Waals surface area contributed by atoms with Crippen LogP contribution >= 0.6 is 0 Å². The average molecular weight is 771 g/mol. The minimum absolute atomic E-state index is 0.151. The average Bonchev–Trinajstić information content (AvgIpc) is 3.96. The molecule has 284 valence electrons. The van der Waals surface area contributed by atoms with Gasteiger partial charge in [0.25, 0.3) is 0 Å². The predicted molar refractivity (Wildman–Crippen MR) is 247 cm³/mol.